The average Bonchev–Trinajstić information content (AvgIpc) is 3.42. The van der Waals surface area contributed by atoms with Crippen molar-refractivity contribution in [2.45, 2.75) is 25.2 Å². The van der Waals surface area contributed by atoms with Gasteiger partial charge in [-0.1, -0.05) is 0 Å². The first kappa shape index (κ1) is 20.9. The topological polar surface area (TPSA) is 91.3 Å². The largest absolute Gasteiger partial charge is 0.389 e. The molecular weight excluding hydrogens is 470 g/mol. The number of thiophene rings is 1. The third-order valence-corrected chi connectivity index (χ3v) is 8.84. The van der Waals surface area contributed by atoms with Crippen molar-refractivity contribution in [1.82, 2.24) is 14.9 Å². The number of rotatable bonds is 2. The van der Waals surface area contributed by atoms with E-state index in [0.29, 0.717) is 27.0 Å². The molecule has 5 heterocycles. The van der Waals surface area contributed by atoms with Crippen LogP contribution in [0.15, 0.2) is 18.3 Å². The second kappa shape index (κ2) is 7.07. The number of aromatic nitrogens is 2. The fourth-order valence-corrected chi connectivity index (χ4v) is 6.64. The summed E-state index contributed by atoms with van der Waals surface area (Å²) < 4.78 is 38.1. The predicted molar refractivity (Wildman–Crippen MR) is 130 cm³/mol. The molecule has 35 heavy (non-hydrogen) atoms. The number of halogens is 2. The Kier molecular flexibility index (Phi) is 4.23. The third-order valence-electron chi connectivity index (χ3n) is 7.86. The van der Waals surface area contributed by atoms with Crippen molar-refractivity contribution in [1.29, 1.82) is 5.26 Å². The number of fused-ring (bicyclic) bond motifs is 4. The van der Waals surface area contributed by atoms with Gasteiger partial charge in [0.25, 0.3) is 0 Å². The van der Waals surface area contributed by atoms with Crippen LogP contribution in [-0.2, 0) is 18.0 Å². The van der Waals surface area contributed by atoms with Crippen molar-refractivity contribution in [3.8, 4) is 17.2 Å². The van der Waals surface area contributed by atoms with Crippen LogP contribution in [0.3, 0.4) is 0 Å². The number of hydrogen-bond acceptors (Lipinski definition) is 8. The fourth-order valence-electron chi connectivity index (χ4n) is 5.71. The smallest absolute Gasteiger partial charge is 0.226 e. The molecule has 4 aromatic rings. The van der Waals surface area contributed by atoms with Crippen LogP contribution in [0, 0.1) is 23.0 Å². The second-order valence-corrected chi connectivity index (χ2v) is 10.7. The van der Waals surface area contributed by atoms with E-state index < -0.39 is 11.6 Å². The van der Waals surface area contributed by atoms with Crippen LogP contribution in [0.1, 0.15) is 23.1 Å². The SMILES string of the molecule is CN1CCC12CN(c1ncc3c4c(c(-c5c(F)ccc6sc(N)c(C#N)c56)c(F)c3n1)COC4)C2. The van der Waals surface area contributed by atoms with Crippen molar-refractivity contribution in [2.24, 2.45) is 0 Å². The number of nitriles is 1. The van der Waals surface area contributed by atoms with Crippen molar-refractivity contribution in [3.05, 3.63) is 46.7 Å². The Morgan fingerprint density at radius 1 is 1.20 bits per heavy atom. The average molecular weight is 491 g/mol. The van der Waals surface area contributed by atoms with E-state index in [9.17, 15) is 5.26 Å². The van der Waals surface area contributed by atoms with Crippen LogP contribution >= 0.6 is 11.3 Å². The molecule has 176 valence electrons. The van der Waals surface area contributed by atoms with E-state index in [4.69, 9.17) is 10.5 Å². The maximum atomic E-state index is 16.4. The molecule has 0 bridgehead atoms. The molecule has 7 nitrogen and oxygen atoms in total. The molecule has 3 aliphatic rings. The van der Waals surface area contributed by atoms with Crippen LogP contribution in [0.2, 0.25) is 0 Å². The minimum absolute atomic E-state index is 0.0345. The summed E-state index contributed by atoms with van der Waals surface area (Å²) in [5, 5.41) is 10.9. The van der Waals surface area contributed by atoms with Gasteiger partial charge in [0.05, 0.1) is 24.3 Å². The highest BCUT2D eigenvalue weighted by Crippen LogP contribution is 2.47. The van der Waals surface area contributed by atoms with E-state index in [1.165, 1.54) is 17.4 Å². The van der Waals surface area contributed by atoms with Gasteiger partial charge in [-0.15, -0.1) is 11.3 Å². The van der Waals surface area contributed by atoms with E-state index in [-0.39, 0.29) is 46.0 Å². The summed E-state index contributed by atoms with van der Waals surface area (Å²) in [7, 11) is 2.11. The molecule has 7 rings (SSSR count). The molecule has 0 amide bonds. The molecule has 0 radical (unpaired) electrons. The number of nitrogen functional groups attached to an aromatic ring is 1. The highest BCUT2D eigenvalue weighted by atomic mass is 32.1. The number of likely N-dealkylation sites (N-methyl/N-ethyl adjacent to an activating group) is 1. The van der Waals surface area contributed by atoms with E-state index >= 15 is 8.78 Å². The van der Waals surface area contributed by atoms with Crippen molar-refractivity contribution in [2.75, 3.05) is 37.3 Å². The van der Waals surface area contributed by atoms with E-state index in [0.717, 1.165) is 31.6 Å². The van der Waals surface area contributed by atoms with Gasteiger partial charge in [-0.25, -0.2) is 18.7 Å². The predicted octanol–water partition coefficient (Wildman–Crippen LogP) is 4.17. The standard InChI is InChI=1S/C25H20F2N6OS/c1-32-5-4-25(32)10-33(11-25)24-30-7-13-14-8-34-9-15(14)19(21(27)22(13)31-24)20-16(26)2-3-17-18(20)12(6-28)23(29)35-17/h2-3,7H,4-5,8-11,29H2,1H3. The Morgan fingerprint density at radius 3 is 2.71 bits per heavy atom. The van der Waals surface area contributed by atoms with Gasteiger partial charge in [0, 0.05) is 52.4 Å². The van der Waals surface area contributed by atoms with Gasteiger partial charge in [-0.2, -0.15) is 5.26 Å². The Morgan fingerprint density at radius 2 is 2.00 bits per heavy atom. The Labute approximate surface area is 203 Å². The monoisotopic (exact) mass is 490 g/mol. The van der Waals surface area contributed by atoms with E-state index in [1.54, 1.807) is 12.3 Å². The Hall–Kier alpha value is -3.39. The zero-order valence-corrected chi connectivity index (χ0v) is 19.7. The summed E-state index contributed by atoms with van der Waals surface area (Å²) in [6.45, 7) is 3.06. The Bertz CT molecular complexity index is 1620. The van der Waals surface area contributed by atoms with Crippen molar-refractivity contribution < 1.29 is 13.5 Å². The molecule has 0 saturated carbocycles. The number of anilines is 2. The van der Waals surface area contributed by atoms with Gasteiger partial charge in [0.1, 0.15) is 22.4 Å². The van der Waals surface area contributed by atoms with Gasteiger partial charge in [0.15, 0.2) is 5.82 Å². The number of likely N-dealkylation sites (tertiary alicyclic amines) is 1. The second-order valence-electron chi connectivity index (χ2n) is 9.57. The van der Waals surface area contributed by atoms with Gasteiger partial charge >= 0.3 is 0 Å². The molecule has 1 spiro atoms. The van der Waals surface area contributed by atoms with Crippen LogP contribution in [0.4, 0.5) is 19.7 Å². The first-order valence-electron chi connectivity index (χ1n) is 11.4. The first-order valence-corrected chi connectivity index (χ1v) is 12.2. The summed E-state index contributed by atoms with van der Waals surface area (Å²) in [5.41, 5.74) is 7.94. The van der Waals surface area contributed by atoms with Gasteiger partial charge in [-0.3, -0.25) is 4.90 Å². The molecule has 2 aromatic heterocycles. The minimum Gasteiger partial charge on any atom is -0.389 e. The molecule has 0 unspecified atom stereocenters. The van der Waals surface area contributed by atoms with Gasteiger partial charge in [-0.05, 0) is 36.7 Å². The molecule has 3 aliphatic heterocycles. The number of hydrogen-bond donors (Lipinski definition) is 1. The molecule has 0 aliphatic carbocycles. The van der Waals surface area contributed by atoms with Gasteiger partial charge < -0.3 is 15.4 Å². The van der Waals surface area contributed by atoms with Crippen LogP contribution in [0.5, 0.6) is 0 Å². The van der Waals surface area contributed by atoms with Crippen LogP contribution < -0.4 is 10.6 Å². The number of ether oxygens (including phenoxy) is 1. The molecule has 2 aromatic carbocycles. The summed E-state index contributed by atoms with van der Waals surface area (Å²) >= 11 is 1.19. The zero-order chi connectivity index (χ0) is 24.1. The van der Waals surface area contributed by atoms with E-state index in [2.05, 4.69) is 28.0 Å². The quantitative estimate of drug-likeness (QED) is 0.451. The highest BCUT2D eigenvalue weighted by molar-refractivity contribution is 7.23. The normalized spacial score (nSPS) is 18.6. The molecule has 2 N–H and O–H groups in total. The lowest BCUT2D eigenvalue weighted by Gasteiger charge is -2.61. The zero-order valence-electron chi connectivity index (χ0n) is 18.9. The first-order chi connectivity index (χ1) is 16.9. The minimum atomic E-state index is -0.635. The molecule has 2 fully saturated rings. The van der Waals surface area contributed by atoms with Crippen molar-refractivity contribution >= 4 is 43.3 Å². The lowest BCUT2D eigenvalue weighted by atomic mass is 9.78. The van der Waals surface area contributed by atoms with Gasteiger partial charge in [0.2, 0.25) is 5.95 Å². The summed E-state index contributed by atoms with van der Waals surface area (Å²) in [6, 6.07) is 4.94. The van der Waals surface area contributed by atoms with Crippen LogP contribution in [-0.4, -0.2) is 47.1 Å². The highest BCUT2D eigenvalue weighted by Gasteiger charge is 2.52. The van der Waals surface area contributed by atoms with E-state index in [1.807, 2.05) is 4.90 Å². The lowest BCUT2D eigenvalue weighted by molar-refractivity contribution is -0.0135. The summed E-state index contributed by atoms with van der Waals surface area (Å²) in [5.74, 6) is -0.793. The maximum Gasteiger partial charge on any atom is 0.226 e. The number of benzene rings is 2. The molecular formula is C25H20F2N6OS. The molecule has 2 saturated heterocycles. The Balaban J connectivity index is 1.46. The number of nitrogens with two attached hydrogens (primary N) is 1. The third kappa shape index (κ3) is 2.68. The van der Waals surface area contributed by atoms with Crippen molar-refractivity contribution in [3.63, 3.8) is 0 Å². The maximum absolute atomic E-state index is 16.4. The van der Waals surface area contributed by atoms with Crippen LogP contribution in [0.25, 0.3) is 32.1 Å². The number of nitrogens with zero attached hydrogens (tertiary/aromatic N) is 5. The lowest BCUT2D eigenvalue weighted by Crippen LogP contribution is -2.76. The summed E-state index contributed by atoms with van der Waals surface area (Å²) in [4.78, 5) is 13.5. The fraction of sp³-hybridized carbons (Fsp3) is 0.320. The summed E-state index contributed by atoms with van der Waals surface area (Å²) in [6.07, 6.45) is 2.78. The molecule has 10 heteroatoms. The molecule has 0 atom stereocenters.